The lowest BCUT2D eigenvalue weighted by atomic mass is 9.29. The minimum atomic E-state index is -0.0963. The van der Waals surface area contributed by atoms with Gasteiger partial charge in [0.05, 0.1) is 11.4 Å². The van der Waals surface area contributed by atoms with E-state index in [9.17, 15) is 0 Å². The third kappa shape index (κ3) is 2.69. The second kappa shape index (κ2) is 8.24. The maximum atomic E-state index is 6.96. The first-order valence-corrected chi connectivity index (χ1v) is 17.8. The number of benzene rings is 7. The number of nitrogens with zero attached hydrogens (tertiary/aromatic N) is 1. The Hall–Kier alpha value is -5.98. The molecule has 228 valence electrons. The van der Waals surface area contributed by atoms with Crippen LogP contribution in [-0.2, 0) is 0 Å². The van der Waals surface area contributed by atoms with Crippen molar-refractivity contribution in [3.05, 3.63) is 115 Å². The van der Waals surface area contributed by atoms with Crippen LogP contribution in [0.2, 0.25) is 0 Å². The van der Waals surface area contributed by atoms with Crippen molar-refractivity contribution >= 4 is 119 Å². The molecule has 0 radical (unpaired) electrons. The minimum Gasteiger partial charge on any atom is -0.458 e. The van der Waals surface area contributed by atoms with E-state index in [2.05, 4.69) is 108 Å². The van der Waals surface area contributed by atoms with E-state index in [0.29, 0.717) is 0 Å². The van der Waals surface area contributed by atoms with Crippen molar-refractivity contribution < 1.29 is 18.3 Å². The highest BCUT2D eigenvalue weighted by Crippen LogP contribution is 2.55. The maximum Gasteiger partial charge on any atom is 0.261 e. The number of hydrogen-bond donors (Lipinski definition) is 0. The first-order chi connectivity index (χ1) is 24.8. The van der Waals surface area contributed by atoms with Gasteiger partial charge in [0, 0.05) is 54.0 Å². The Morgan fingerprint density at radius 3 is 1.50 bits per heavy atom. The Labute approximate surface area is 289 Å². The predicted molar refractivity (Wildman–Crippen MR) is 202 cm³/mol. The standard InChI is InChI=1S/C42H19B2NO4S/c1-3-11-26-20(7-1)22-15-17-28-36(41(22)48-26)43-24-9-5-13-32-38(24)45-39-25(10-6-14-33(39)50-32)44-35-31(19-30(46-28)34(43)40(35)45)47-29-18-16-23-21-8-2-4-12-27(21)49-42(23)37(29)44/h1-19H. The predicted octanol–water partition coefficient (Wildman–Crippen LogP) is 7.29. The van der Waals surface area contributed by atoms with Crippen LogP contribution in [0.15, 0.2) is 134 Å². The van der Waals surface area contributed by atoms with E-state index < -0.39 is 0 Å². The van der Waals surface area contributed by atoms with Gasteiger partial charge < -0.3 is 23.2 Å². The highest BCUT2D eigenvalue weighted by molar-refractivity contribution is 7.99. The molecule has 5 aliphatic heterocycles. The molecule has 8 heteroatoms. The van der Waals surface area contributed by atoms with Gasteiger partial charge in [0.1, 0.15) is 45.3 Å². The number of fused-ring (bicyclic) bond motifs is 14. The molecular weight excluding hydrogens is 636 g/mol. The van der Waals surface area contributed by atoms with Gasteiger partial charge in [0.15, 0.2) is 0 Å². The van der Waals surface area contributed by atoms with Gasteiger partial charge in [-0.25, -0.2) is 0 Å². The van der Waals surface area contributed by atoms with Gasteiger partial charge >= 0.3 is 0 Å². The Kier molecular flexibility index (Phi) is 4.13. The number of furan rings is 2. The summed E-state index contributed by atoms with van der Waals surface area (Å²) in [6.07, 6.45) is 0. The molecule has 2 aromatic heterocycles. The van der Waals surface area contributed by atoms with Crippen LogP contribution >= 0.6 is 11.8 Å². The molecule has 0 N–H and O–H groups in total. The van der Waals surface area contributed by atoms with Gasteiger partial charge in [-0.1, -0.05) is 72.4 Å². The van der Waals surface area contributed by atoms with Crippen LogP contribution in [-0.4, -0.2) is 13.4 Å². The monoisotopic (exact) mass is 655 g/mol. The molecule has 0 aliphatic carbocycles. The van der Waals surface area contributed by atoms with Crippen LogP contribution in [0.25, 0.3) is 43.9 Å². The van der Waals surface area contributed by atoms with Crippen LogP contribution in [0.3, 0.4) is 0 Å². The average molecular weight is 655 g/mol. The molecule has 50 heavy (non-hydrogen) atoms. The fraction of sp³-hybridized carbons (Fsp3) is 0. The highest BCUT2D eigenvalue weighted by atomic mass is 32.2. The Bertz CT molecular complexity index is 2920. The van der Waals surface area contributed by atoms with Gasteiger partial charge in [-0.2, -0.15) is 0 Å². The zero-order valence-corrected chi connectivity index (χ0v) is 26.9. The molecule has 0 atom stereocenters. The normalized spacial score (nSPS) is 14.9. The van der Waals surface area contributed by atoms with Gasteiger partial charge in [-0.05, 0) is 70.4 Å². The summed E-state index contributed by atoms with van der Waals surface area (Å²) in [4.78, 5) is 5.02. The van der Waals surface area contributed by atoms with Crippen LogP contribution in [0.4, 0.5) is 17.1 Å². The van der Waals surface area contributed by atoms with E-state index in [1.54, 1.807) is 0 Å². The summed E-state index contributed by atoms with van der Waals surface area (Å²) in [5.41, 5.74) is 14.2. The number of para-hydroxylation sites is 4. The van der Waals surface area contributed by atoms with Gasteiger partial charge in [-0.15, -0.1) is 0 Å². The Balaban J connectivity index is 1.15. The van der Waals surface area contributed by atoms with E-state index in [1.165, 1.54) is 32.1 Å². The van der Waals surface area contributed by atoms with Crippen molar-refractivity contribution in [3.63, 3.8) is 0 Å². The second-order valence-electron chi connectivity index (χ2n) is 13.8. The van der Waals surface area contributed by atoms with E-state index in [0.717, 1.165) is 94.4 Å². The van der Waals surface area contributed by atoms with Crippen molar-refractivity contribution in [2.24, 2.45) is 0 Å². The SMILES string of the molecule is c1cc2c3c(c1)B1c4c(cc5c6c4N3c3c(cccc3B6c3c(ccc4c3oc3ccccc34)O5)S2)Oc2ccc3c(oc4ccccc43)c21. The minimum absolute atomic E-state index is 0.0963. The fourth-order valence-electron chi connectivity index (χ4n) is 9.72. The molecule has 0 saturated heterocycles. The summed E-state index contributed by atoms with van der Waals surface area (Å²) in [6, 6.07) is 40.8. The molecule has 0 spiro atoms. The lowest BCUT2D eigenvalue weighted by molar-refractivity contribution is 0.465. The summed E-state index contributed by atoms with van der Waals surface area (Å²) in [5, 5.41) is 4.44. The molecule has 7 heterocycles. The largest absolute Gasteiger partial charge is 0.458 e. The topological polar surface area (TPSA) is 48.0 Å². The van der Waals surface area contributed by atoms with Gasteiger partial charge in [-0.3, -0.25) is 0 Å². The van der Waals surface area contributed by atoms with E-state index in [-0.39, 0.29) is 13.4 Å². The second-order valence-corrected chi connectivity index (χ2v) is 14.9. The third-order valence-electron chi connectivity index (χ3n) is 11.6. The van der Waals surface area contributed by atoms with Gasteiger partial charge in [0.2, 0.25) is 0 Å². The molecule has 0 saturated carbocycles. The molecular formula is C42H19B2NO4S. The maximum absolute atomic E-state index is 6.96. The van der Waals surface area contributed by atoms with Crippen molar-refractivity contribution in [1.82, 2.24) is 0 Å². The zero-order valence-electron chi connectivity index (χ0n) is 26.1. The molecule has 0 bridgehead atoms. The average Bonchev–Trinajstić information content (AvgIpc) is 3.73. The number of hydrogen-bond acceptors (Lipinski definition) is 6. The third-order valence-corrected chi connectivity index (χ3v) is 12.7. The summed E-state index contributed by atoms with van der Waals surface area (Å²) in [7, 11) is 0. The number of rotatable bonds is 0. The van der Waals surface area contributed by atoms with E-state index >= 15 is 0 Å². The molecule has 5 nitrogen and oxygen atoms in total. The van der Waals surface area contributed by atoms with Crippen LogP contribution in [0.1, 0.15) is 0 Å². The zero-order chi connectivity index (χ0) is 32.0. The molecule has 9 aromatic rings. The molecule has 5 aliphatic rings. The van der Waals surface area contributed by atoms with Crippen LogP contribution < -0.4 is 47.2 Å². The Morgan fingerprint density at radius 1 is 0.440 bits per heavy atom. The number of anilines is 3. The summed E-state index contributed by atoms with van der Waals surface area (Å²) >= 11 is 1.86. The quantitative estimate of drug-likeness (QED) is 0.160. The summed E-state index contributed by atoms with van der Waals surface area (Å²) < 4.78 is 27.4. The molecule has 14 rings (SSSR count). The fourth-order valence-corrected chi connectivity index (χ4v) is 10.9. The van der Waals surface area contributed by atoms with E-state index in [4.69, 9.17) is 18.3 Å². The van der Waals surface area contributed by atoms with Crippen LogP contribution in [0, 0.1) is 0 Å². The summed E-state index contributed by atoms with van der Waals surface area (Å²) in [6.45, 7) is -0.193. The highest BCUT2D eigenvalue weighted by Gasteiger charge is 2.53. The van der Waals surface area contributed by atoms with Gasteiger partial charge in [0.25, 0.3) is 13.4 Å². The molecule has 0 fully saturated rings. The van der Waals surface area contributed by atoms with Crippen LogP contribution in [0.5, 0.6) is 23.0 Å². The van der Waals surface area contributed by atoms with Crippen molar-refractivity contribution in [1.29, 1.82) is 0 Å². The smallest absolute Gasteiger partial charge is 0.261 e. The van der Waals surface area contributed by atoms with E-state index in [1.807, 2.05) is 23.9 Å². The van der Waals surface area contributed by atoms with Crippen molar-refractivity contribution in [2.75, 3.05) is 4.90 Å². The lowest BCUT2D eigenvalue weighted by Gasteiger charge is -2.49. The molecule has 0 unspecified atom stereocenters. The molecule has 0 amide bonds. The first kappa shape index (κ1) is 25.1. The molecule has 7 aromatic carbocycles. The van der Waals surface area contributed by atoms with Crippen molar-refractivity contribution in [2.45, 2.75) is 9.79 Å². The summed E-state index contributed by atoms with van der Waals surface area (Å²) in [5.74, 6) is 3.30. The lowest BCUT2D eigenvalue weighted by Crippen LogP contribution is -2.67. The Morgan fingerprint density at radius 2 is 0.960 bits per heavy atom. The number of ether oxygens (including phenoxy) is 2. The van der Waals surface area contributed by atoms with Crippen molar-refractivity contribution in [3.8, 4) is 23.0 Å². The first-order valence-electron chi connectivity index (χ1n) is 17.0.